The van der Waals surface area contributed by atoms with Gasteiger partial charge in [-0.05, 0) is 44.0 Å². The predicted molar refractivity (Wildman–Crippen MR) is 93.5 cm³/mol. The van der Waals surface area contributed by atoms with Crippen molar-refractivity contribution in [2.75, 3.05) is 13.7 Å². The highest BCUT2D eigenvalue weighted by atomic mass is 16.5. The molecule has 0 aliphatic heterocycles. The minimum atomic E-state index is -1.09. The van der Waals surface area contributed by atoms with E-state index in [0.29, 0.717) is 11.3 Å². The maximum atomic E-state index is 12.4. The zero-order valence-corrected chi connectivity index (χ0v) is 15.3. The number of hydrogen-bond acceptors (Lipinski definition) is 4. The average molecular weight is 350 g/mol. The molecule has 1 atom stereocenters. The van der Waals surface area contributed by atoms with Crippen LogP contribution in [-0.4, -0.2) is 42.6 Å². The Balaban J connectivity index is 2.77. The van der Waals surface area contributed by atoms with Crippen LogP contribution in [0.1, 0.15) is 38.1 Å². The molecule has 7 nitrogen and oxygen atoms in total. The van der Waals surface area contributed by atoms with E-state index < -0.39 is 23.3 Å². The van der Waals surface area contributed by atoms with E-state index in [-0.39, 0.29) is 18.4 Å². The van der Waals surface area contributed by atoms with Gasteiger partial charge in [-0.25, -0.2) is 0 Å². The Bertz CT molecular complexity index is 623. The fourth-order valence-corrected chi connectivity index (χ4v) is 2.00. The molecule has 1 rings (SSSR count). The molecular formula is C18H26N2O5. The van der Waals surface area contributed by atoms with Gasteiger partial charge in [0.15, 0.2) is 0 Å². The highest BCUT2D eigenvalue weighted by Gasteiger charge is 2.30. The lowest BCUT2D eigenvalue weighted by Crippen LogP contribution is -2.52. The van der Waals surface area contributed by atoms with Crippen LogP contribution in [0.4, 0.5) is 0 Å². The molecule has 2 amide bonds. The zero-order chi connectivity index (χ0) is 19.2. The molecule has 0 spiro atoms. The number of carbonyl (C=O) groups is 3. The molecule has 0 bridgehead atoms. The largest absolute Gasteiger partial charge is 0.497 e. The topological polar surface area (TPSA) is 105 Å². The number of hydrogen-bond donors (Lipinski definition) is 3. The summed E-state index contributed by atoms with van der Waals surface area (Å²) in [6.07, 6.45) is 0. The summed E-state index contributed by atoms with van der Waals surface area (Å²) in [5.41, 5.74) is -0.679. The van der Waals surface area contributed by atoms with E-state index in [1.165, 1.54) is 21.0 Å². The molecule has 1 aromatic carbocycles. The van der Waals surface area contributed by atoms with Gasteiger partial charge < -0.3 is 20.5 Å². The van der Waals surface area contributed by atoms with Crippen LogP contribution in [0.15, 0.2) is 24.3 Å². The van der Waals surface area contributed by atoms with Gasteiger partial charge in [-0.15, -0.1) is 0 Å². The Labute approximate surface area is 147 Å². The summed E-state index contributed by atoms with van der Waals surface area (Å²) in [6, 6.07) is 5.77. The number of nitrogens with one attached hydrogen (secondary N) is 2. The molecule has 0 fully saturated rings. The third kappa shape index (κ3) is 5.77. The number of ether oxygens (including phenoxy) is 1. The van der Waals surface area contributed by atoms with Crippen molar-refractivity contribution >= 4 is 17.8 Å². The third-order valence-electron chi connectivity index (χ3n) is 3.87. The SMILES string of the molecule is COc1ccc(C(=O)NC(C(=O)NCC(C)(C)C(=O)O)C(C)C)cc1. The van der Waals surface area contributed by atoms with Gasteiger partial charge in [0.2, 0.25) is 5.91 Å². The minimum absolute atomic E-state index is 0.0250. The Morgan fingerprint density at radius 1 is 1.16 bits per heavy atom. The molecule has 0 radical (unpaired) electrons. The lowest BCUT2D eigenvalue weighted by Gasteiger charge is -2.25. The first kappa shape index (κ1) is 20.5. The number of amides is 2. The van der Waals surface area contributed by atoms with E-state index in [2.05, 4.69) is 10.6 Å². The molecule has 0 aliphatic rings. The van der Waals surface area contributed by atoms with Gasteiger partial charge >= 0.3 is 5.97 Å². The van der Waals surface area contributed by atoms with Gasteiger partial charge in [-0.1, -0.05) is 13.8 Å². The quantitative estimate of drug-likeness (QED) is 0.661. The molecule has 7 heteroatoms. The first-order chi connectivity index (χ1) is 11.6. The molecule has 0 heterocycles. The highest BCUT2D eigenvalue weighted by Crippen LogP contribution is 2.14. The second kappa shape index (κ2) is 8.50. The first-order valence-electron chi connectivity index (χ1n) is 8.04. The van der Waals surface area contributed by atoms with E-state index in [4.69, 9.17) is 9.84 Å². The van der Waals surface area contributed by atoms with E-state index in [9.17, 15) is 14.4 Å². The van der Waals surface area contributed by atoms with Crippen molar-refractivity contribution < 1.29 is 24.2 Å². The van der Waals surface area contributed by atoms with Crippen molar-refractivity contribution in [3.05, 3.63) is 29.8 Å². The number of benzene rings is 1. The molecule has 138 valence electrons. The average Bonchev–Trinajstić information content (AvgIpc) is 2.57. The maximum absolute atomic E-state index is 12.4. The van der Waals surface area contributed by atoms with E-state index in [1.807, 2.05) is 0 Å². The van der Waals surface area contributed by atoms with Crippen LogP contribution in [0.25, 0.3) is 0 Å². The van der Waals surface area contributed by atoms with Crippen LogP contribution >= 0.6 is 0 Å². The van der Waals surface area contributed by atoms with Crippen LogP contribution in [0.2, 0.25) is 0 Å². The number of carboxylic acid groups (broad SMARTS) is 1. The second-order valence-electron chi connectivity index (χ2n) is 6.83. The molecule has 0 aromatic heterocycles. The molecular weight excluding hydrogens is 324 g/mol. The monoisotopic (exact) mass is 350 g/mol. The standard InChI is InChI=1S/C18H26N2O5/c1-11(2)14(16(22)19-10-18(3,4)17(23)24)20-15(21)12-6-8-13(25-5)9-7-12/h6-9,11,14H,10H2,1-5H3,(H,19,22)(H,20,21)(H,23,24). The number of methoxy groups -OCH3 is 1. The van der Waals surface area contributed by atoms with Gasteiger partial charge in [0.1, 0.15) is 11.8 Å². The minimum Gasteiger partial charge on any atom is -0.497 e. The van der Waals surface area contributed by atoms with Crippen LogP contribution < -0.4 is 15.4 Å². The second-order valence-corrected chi connectivity index (χ2v) is 6.83. The number of carboxylic acids is 1. The summed E-state index contributed by atoms with van der Waals surface area (Å²) in [7, 11) is 1.53. The summed E-state index contributed by atoms with van der Waals surface area (Å²) in [5, 5.41) is 14.4. The molecule has 1 unspecified atom stereocenters. The van der Waals surface area contributed by atoms with E-state index in [0.717, 1.165) is 0 Å². The zero-order valence-electron chi connectivity index (χ0n) is 15.3. The fraction of sp³-hybridized carbons (Fsp3) is 0.500. The molecule has 3 N–H and O–H groups in total. The highest BCUT2D eigenvalue weighted by molar-refractivity contribution is 5.97. The van der Waals surface area contributed by atoms with Crippen molar-refractivity contribution in [2.45, 2.75) is 33.7 Å². The Morgan fingerprint density at radius 2 is 1.72 bits per heavy atom. The van der Waals surface area contributed by atoms with Gasteiger partial charge in [0.05, 0.1) is 12.5 Å². The molecule has 0 saturated heterocycles. The first-order valence-corrected chi connectivity index (χ1v) is 8.04. The molecule has 0 saturated carbocycles. The lowest BCUT2D eigenvalue weighted by molar-refractivity contribution is -0.146. The predicted octanol–water partition coefficient (Wildman–Crippen LogP) is 1.68. The van der Waals surface area contributed by atoms with E-state index >= 15 is 0 Å². The number of rotatable bonds is 8. The van der Waals surface area contributed by atoms with Gasteiger partial charge in [0, 0.05) is 12.1 Å². The summed E-state index contributed by atoms with van der Waals surface area (Å²) in [5.74, 6) is -1.32. The molecule has 25 heavy (non-hydrogen) atoms. The normalized spacial score (nSPS) is 12.4. The summed E-state index contributed by atoms with van der Waals surface area (Å²) < 4.78 is 5.05. The van der Waals surface area contributed by atoms with Crippen LogP contribution in [0.5, 0.6) is 5.75 Å². The van der Waals surface area contributed by atoms with E-state index in [1.54, 1.807) is 38.1 Å². The van der Waals surface area contributed by atoms with Crippen molar-refractivity contribution in [3.63, 3.8) is 0 Å². The maximum Gasteiger partial charge on any atom is 0.310 e. The summed E-state index contributed by atoms with van der Waals surface area (Å²) >= 11 is 0. The van der Waals surface area contributed by atoms with Crippen molar-refractivity contribution in [1.82, 2.24) is 10.6 Å². The fourth-order valence-electron chi connectivity index (χ4n) is 2.00. The van der Waals surface area contributed by atoms with Crippen molar-refractivity contribution in [3.8, 4) is 5.75 Å². The summed E-state index contributed by atoms with van der Waals surface area (Å²) in [4.78, 5) is 35.9. The lowest BCUT2D eigenvalue weighted by atomic mass is 9.93. The smallest absolute Gasteiger partial charge is 0.310 e. The molecule has 0 aliphatic carbocycles. The van der Waals surface area contributed by atoms with Gasteiger partial charge in [-0.3, -0.25) is 14.4 Å². The van der Waals surface area contributed by atoms with Crippen LogP contribution in [-0.2, 0) is 9.59 Å². The third-order valence-corrected chi connectivity index (χ3v) is 3.87. The molecule has 1 aromatic rings. The number of aliphatic carboxylic acids is 1. The summed E-state index contributed by atoms with van der Waals surface area (Å²) in [6.45, 7) is 6.64. The number of carbonyl (C=O) groups excluding carboxylic acids is 2. The Hall–Kier alpha value is -2.57. The Morgan fingerprint density at radius 3 is 2.16 bits per heavy atom. The van der Waals surface area contributed by atoms with Crippen LogP contribution in [0.3, 0.4) is 0 Å². The van der Waals surface area contributed by atoms with Gasteiger partial charge in [-0.2, -0.15) is 0 Å². The van der Waals surface area contributed by atoms with Crippen molar-refractivity contribution in [2.24, 2.45) is 11.3 Å². The Kier molecular flexibility index (Phi) is 6.97. The van der Waals surface area contributed by atoms with Crippen molar-refractivity contribution in [1.29, 1.82) is 0 Å². The van der Waals surface area contributed by atoms with Gasteiger partial charge in [0.25, 0.3) is 5.91 Å². The van der Waals surface area contributed by atoms with Crippen LogP contribution in [0, 0.1) is 11.3 Å².